The first-order chi connectivity index (χ1) is 12.0. The van der Waals surface area contributed by atoms with Crippen LogP contribution in [0.25, 0.3) is 0 Å². The van der Waals surface area contributed by atoms with Gasteiger partial charge in [0.25, 0.3) is 5.69 Å². The van der Waals surface area contributed by atoms with E-state index in [1.165, 1.54) is 17.3 Å². The van der Waals surface area contributed by atoms with Gasteiger partial charge in [0.05, 0.1) is 18.1 Å². The number of hydrogen-bond acceptors (Lipinski definition) is 5. The van der Waals surface area contributed by atoms with Gasteiger partial charge in [0.1, 0.15) is 0 Å². The third-order valence-corrected chi connectivity index (χ3v) is 4.78. The zero-order chi connectivity index (χ0) is 17.8. The highest BCUT2D eigenvalue weighted by Gasteiger charge is 2.15. The van der Waals surface area contributed by atoms with Crippen LogP contribution in [0.3, 0.4) is 0 Å². The fourth-order valence-corrected chi connectivity index (χ4v) is 3.28. The van der Waals surface area contributed by atoms with Crippen molar-refractivity contribution in [1.29, 1.82) is 0 Å². The lowest BCUT2D eigenvalue weighted by molar-refractivity contribution is -0.384. The minimum absolute atomic E-state index is 0.112. The van der Waals surface area contributed by atoms with Crippen LogP contribution in [0, 0.1) is 17.0 Å². The molecule has 2 aromatic carbocycles. The topological polar surface area (TPSA) is 67.6 Å². The highest BCUT2D eigenvalue weighted by Crippen LogP contribution is 2.28. The normalized spacial score (nSPS) is 14.4. The van der Waals surface area contributed by atoms with E-state index in [0.29, 0.717) is 6.54 Å². The summed E-state index contributed by atoms with van der Waals surface area (Å²) in [5, 5.41) is 14.3. The number of halogens is 1. The summed E-state index contributed by atoms with van der Waals surface area (Å²) in [5.41, 5.74) is 4.24. The first-order valence-corrected chi connectivity index (χ1v) is 8.94. The van der Waals surface area contributed by atoms with Gasteiger partial charge >= 0.3 is 0 Å². The number of benzene rings is 2. The minimum Gasteiger partial charge on any atom is -0.381 e. The summed E-state index contributed by atoms with van der Waals surface area (Å²) in [7, 11) is 0. The zero-order valence-corrected chi connectivity index (χ0v) is 15.6. The van der Waals surface area contributed by atoms with E-state index in [1.54, 1.807) is 12.1 Å². The molecule has 0 amide bonds. The minimum atomic E-state index is -0.373. The van der Waals surface area contributed by atoms with Crippen molar-refractivity contribution in [1.82, 2.24) is 0 Å². The predicted molar refractivity (Wildman–Crippen MR) is 102 cm³/mol. The molecule has 6 nitrogen and oxygen atoms in total. The van der Waals surface area contributed by atoms with Gasteiger partial charge in [-0.3, -0.25) is 10.1 Å². The van der Waals surface area contributed by atoms with Crippen molar-refractivity contribution < 1.29 is 9.66 Å². The fraction of sp³-hybridized carbons (Fsp3) is 0.333. The summed E-state index contributed by atoms with van der Waals surface area (Å²) in [5.74, 6) is 0. The molecule has 1 saturated heterocycles. The van der Waals surface area contributed by atoms with Gasteiger partial charge in [-0.1, -0.05) is 22.0 Å². The molecule has 0 aliphatic carbocycles. The Labute approximate surface area is 155 Å². The van der Waals surface area contributed by atoms with Gasteiger partial charge in [0.2, 0.25) is 0 Å². The molecule has 0 saturated carbocycles. The number of rotatable bonds is 5. The number of nitrogens with one attached hydrogen (secondary N) is 1. The van der Waals surface area contributed by atoms with E-state index < -0.39 is 0 Å². The summed E-state index contributed by atoms with van der Waals surface area (Å²) in [6.45, 7) is 5.75. The maximum Gasteiger partial charge on any atom is 0.269 e. The Morgan fingerprint density at radius 1 is 1.24 bits per heavy atom. The summed E-state index contributed by atoms with van der Waals surface area (Å²) in [4.78, 5) is 12.8. The Bertz CT molecular complexity index is 776. The maximum absolute atomic E-state index is 10.9. The maximum atomic E-state index is 10.9. The zero-order valence-electron chi connectivity index (χ0n) is 14.0. The Kier molecular flexibility index (Phi) is 5.55. The molecule has 132 valence electrons. The SMILES string of the molecule is Cc1cc([N+](=O)[O-])ccc1NCc1ccc(Br)cc1N1CCOCC1. The van der Waals surface area contributed by atoms with Crippen LogP contribution in [-0.2, 0) is 11.3 Å². The Balaban J connectivity index is 1.78. The molecular formula is C18H20BrN3O3. The number of aryl methyl sites for hydroxylation is 1. The van der Waals surface area contributed by atoms with Gasteiger partial charge in [0, 0.05) is 47.6 Å². The van der Waals surface area contributed by atoms with E-state index in [-0.39, 0.29) is 10.6 Å². The summed E-state index contributed by atoms with van der Waals surface area (Å²) < 4.78 is 6.49. The van der Waals surface area contributed by atoms with Crippen LogP contribution in [-0.4, -0.2) is 31.2 Å². The van der Waals surface area contributed by atoms with Gasteiger partial charge in [-0.2, -0.15) is 0 Å². The smallest absolute Gasteiger partial charge is 0.269 e. The van der Waals surface area contributed by atoms with Gasteiger partial charge in [-0.25, -0.2) is 0 Å². The number of non-ortho nitro benzene ring substituents is 1. The Hall–Kier alpha value is -2.12. The molecular weight excluding hydrogens is 386 g/mol. The van der Waals surface area contributed by atoms with Crippen LogP contribution in [0.5, 0.6) is 0 Å². The predicted octanol–water partition coefficient (Wildman–Crippen LogP) is 4.11. The highest BCUT2D eigenvalue weighted by atomic mass is 79.9. The number of nitro groups is 1. The highest BCUT2D eigenvalue weighted by molar-refractivity contribution is 9.10. The first kappa shape index (κ1) is 17.7. The van der Waals surface area contributed by atoms with Gasteiger partial charge in [0.15, 0.2) is 0 Å². The molecule has 3 rings (SSSR count). The number of nitro benzene ring substituents is 1. The van der Waals surface area contributed by atoms with Gasteiger partial charge < -0.3 is 15.0 Å². The van der Waals surface area contributed by atoms with E-state index >= 15 is 0 Å². The van der Waals surface area contributed by atoms with Crippen LogP contribution >= 0.6 is 15.9 Å². The fourth-order valence-electron chi connectivity index (χ4n) is 2.94. The number of hydrogen-bond donors (Lipinski definition) is 1. The second kappa shape index (κ2) is 7.84. The third kappa shape index (κ3) is 4.29. The van der Waals surface area contributed by atoms with Crippen LogP contribution in [0.4, 0.5) is 17.1 Å². The number of nitrogens with zero attached hydrogens (tertiary/aromatic N) is 2. The van der Waals surface area contributed by atoms with Crippen LogP contribution in [0.1, 0.15) is 11.1 Å². The summed E-state index contributed by atoms with van der Waals surface area (Å²) in [6, 6.07) is 11.1. The standard InChI is InChI=1S/C18H20BrN3O3/c1-13-10-16(22(23)24)4-5-17(13)20-12-14-2-3-15(19)11-18(14)21-6-8-25-9-7-21/h2-5,10-11,20H,6-9,12H2,1H3. The average molecular weight is 406 g/mol. The molecule has 1 aliphatic heterocycles. The average Bonchev–Trinajstić information content (AvgIpc) is 2.62. The lowest BCUT2D eigenvalue weighted by Gasteiger charge is -2.31. The Morgan fingerprint density at radius 2 is 2.00 bits per heavy atom. The number of anilines is 2. The molecule has 25 heavy (non-hydrogen) atoms. The third-order valence-electron chi connectivity index (χ3n) is 4.29. The van der Waals surface area contributed by atoms with Crippen LogP contribution in [0.15, 0.2) is 40.9 Å². The first-order valence-electron chi connectivity index (χ1n) is 8.14. The van der Waals surface area contributed by atoms with E-state index in [4.69, 9.17) is 4.74 Å². The lowest BCUT2D eigenvalue weighted by atomic mass is 10.1. The molecule has 0 radical (unpaired) electrons. The van der Waals surface area contributed by atoms with Crippen LogP contribution in [0.2, 0.25) is 0 Å². The number of ether oxygens (including phenoxy) is 1. The van der Waals surface area contributed by atoms with Gasteiger partial charge in [-0.15, -0.1) is 0 Å². The largest absolute Gasteiger partial charge is 0.381 e. The summed E-state index contributed by atoms with van der Waals surface area (Å²) in [6.07, 6.45) is 0. The molecule has 0 unspecified atom stereocenters. The van der Waals surface area contributed by atoms with E-state index in [1.807, 2.05) is 13.0 Å². The Morgan fingerprint density at radius 3 is 2.68 bits per heavy atom. The molecule has 2 aromatic rings. The van der Waals surface area contributed by atoms with Crippen molar-refractivity contribution in [3.8, 4) is 0 Å². The monoisotopic (exact) mass is 405 g/mol. The van der Waals surface area contributed by atoms with E-state index in [2.05, 4.69) is 38.3 Å². The van der Waals surface area contributed by atoms with Crippen molar-refractivity contribution in [2.24, 2.45) is 0 Å². The van der Waals surface area contributed by atoms with Crippen molar-refractivity contribution in [2.45, 2.75) is 13.5 Å². The second-order valence-corrected chi connectivity index (χ2v) is 6.90. The van der Waals surface area contributed by atoms with Crippen LogP contribution < -0.4 is 10.2 Å². The van der Waals surface area contributed by atoms with Gasteiger partial charge in [-0.05, 0) is 36.2 Å². The molecule has 0 spiro atoms. The van der Waals surface area contributed by atoms with Crippen molar-refractivity contribution >= 4 is 33.0 Å². The van der Waals surface area contributed by atoms with E-state index in [0.717, 1.165) is 42.0 Å². The molecule has 1 heterocycles. The summed E-state index contributed by atoms with van der Waals surface area (Å²) >= 11 is 3.55. The molecule has 1 aliphatic rings. The number of morpholine rings is 1. The quantitative estimate of drug-likeness (QED) is 0.598. The van der Waals surface area contributed by atoms with Crippen molar-refractivity contribution in [3.63, 3.8) is 0 Å². The van der Waals surface area contributed by atoms with Crippen molar-refractivity contribution in [2.75, 3.05) is 36.5 Å². The molecule has 0 aromatic heterocycles. The second-order valence-electron chi connectivity index (χ2n) is 5.98. The molecule has 1 N–H and O–H groups in total. The molecule has 0 atom stereocenters. The molecule has 1 fully saturated rings. The molecule has 7 heteroatoms. The lowest BCUT2D eigenvalue weighted by Crippen LogP contribution is -2.36. The van der Waals surface area contributed by atoms with Crippen molar-refractivity contribution in [3.05, 3.63) is 62.1 Å². The molecule has 0 bridgehead atoms. The van der Waals surface area contributed by atoms with E-state index in [9.17, 15) is 10.1 Å².